The maximum absolute atomic E-state index is 11.5. The van der Waals surface area contributed by atoms with E-state index in [0.29, 0.717) is 41.3 Å². The standard InChI is InChI=1S/C21H23Cl2NO4/c1-13-10-18(22)20(19(23)11-13)28-9-8-27-15-4-2-14(3-5-15)16-6-7-24-12-17(16)21(25)26/h2-5,10-11,16-17,24H,6-9,12H2,1H3,(H,25,26). The number of ether oxygens (including phenoxy) is 2. The molecule has 1 fully saturated rings. The number of nitrogens with one attached hydrogen (secondary N) is 1. The number of hydrogen-bond donors (Lipinski definition) is 2. The average Bonchev–Trinajstić information content (AvgIpc) is 2.67. The number of carbonyl (C=O) groups is 1. The quantitative estimate of drug-likeness (QED) is 0.639. The molecule has 2 unspecified atom stereocenters. The number of hydrogen-bond acceptors (Lipinski definition) is 4. The van der Waals surface area contributed by atoms with E-state index in [0.717, 1.165) is 24.1 Å². The SMILES string of the molecule is Cc1cc(Cl)c(OCCOc2ccc(C3CCNCC3C(=O)O)cc2)c(Cl)c1. The van der Waals surface area contributed by atoms with Crippen molar-refractivity contribution >= 4 is 29.2 Å². The molecule has 1 saturated heterocycles. The van der Waals surface area contributed by atoms with Gasteiger partial charge in [-0.3, -0.25) is 4.79 Å². The molecule has 0 aliphatic carbocycles. The van der Waals surface area contributed by atoms with E-state index in [2.05, 4.69) is 5.32 Å². The Morgan fingerprint density at radius 1 is 1.14 bits per heavy atom. The third-order valence-corrected chi connectivity index (χ3v) is 5.41. The van der Waals surface area contributed by atoms with Crippen LogP contribution in [0.5, 0.6) is 11.5 Å². The number of carboxylic acid groups (broad SMARTS) is 1. The van der Waals surface area contributed by atoms with Gasteiger partial charge >= 0.3 is 5.97 Å². The van der Waals surface area contributed by atoms with Gasteiger partial charge in [0.25, 0.3) is 0 Å². The molecule has 0 radical (unpaired) electrons. The zero-order valence-electron chi connectivity index (χ0n) is 15.6. The van der Waals surface area contributed by atoms with Crippen LogP contribution in [0.25, 0.3) is 0 Å². The summed E-state index contributed by atoms with van der Waals surface area (Å²) in [5, 5.41) is 13.5. The van der Waals surface area contributed by atoms with E-state index in [-0.39, 0.29) is 5.92 Å². The van der Waals surface area contributed by atoms with E-state index in [4.69, 9.17) is 32.7 Å². The summed E-state index contributed by atoms with van der Waals surface area (Å²) < 4.78 is 11.4. The lowest BCUT2D eigenvalue weighted by molar-refractivity contribution is -0.142. The number of aryl methyl sites for hydroxylation is 1. The van der Waals surface area contributed by atoms with E-state index < -0.39 is 11.9 Å². The molecule has 28 heavy (non-hydrogen) atoms. The maximum atomic E-state index is 11.5. The largest absolute Gasteiger partial charge is 0.490 e. The van der Waals surface area contributed by atoms with Crippen LogP contribution >= 0.6 is 23.2 Å². The Morgan fingerprint density at radius 2 is 1.79 bits per heavy atom. The number of benzene rings is 2. The van der Waals surface area contributed by atoms with Crippen molar-refractivity contribution in [2.45, 2.75) is 19.3 Å². The summed E-state index contributed by atoms with van der Waals surface area (Å²) in [7, 11) is 0. The number of halogens is 2. The van der Waals surface area contributed by atoms with Gasteiger partial charge in [0.1, 0.15) is 19.0 Å². The predicted molar refractivity (Wildman–Crippen MR) is 110 cm³/mol. The molecule has 0 aromatic heterocycles. The fourth-order valence-electron chi connectivity index (χ4n) is 3.46. The molecule has 2 aromatic carbocycles. The smallest absolute Gasteiger partial charge is 0.308 e. The van der Waals surface area contributed by atoms with Crippen molar-refractivity contribution in [3.8, 4) is 11.5 Å². The fraction of sp³-hybridized carbons (Fsp3) is 0.381. The van der Waals surface area contributed by atoms with Crippen molar-refractivity contribution in [1.29, 1.82) is 0 Å². The van der Waals surface area contributed by atoms with Crippen molar-refractivity contribution in [3.63, 3.8) is 0 Å². The Bertz CT molecular complexity index is 803. The van der Waals surface area contributed by atoms with E-state index >= 15 is 0 Å². The molecule has 2 atom stereocenters. The molecule has 0 amide bonds. The summed E-state index contributed by atoms with van der Waals surface area (Å²) in [6, 6.07) is 11.2. The molecule has 150 valence electrons. The minimum absolute atomic E-state index is 0.0157. The Labute approximate surface area is 174 Å². The molecule has 0 spiro atoms. The van der Waals surface area contributed by atoms with Crippen LogP contribution in [0.2, 0.25) is 10.0 Å². The second-order valence-electron chi connectivity index (χ2n) is 6.87. The highest BCUT2D eigenvalue weighted by atomic mass is 35.5. The zero-order chi connectivity index (χ0) is 20.1. The van der Waals surface area contributed by atoms with Crippen LogP contribution in [-0.4, -0.2) is 37.4 Å². The van der Waals surface area contributed by atoms with E-state index in [1.54, 1.807) is 12.1 Å². The van der Waals surface area contributed by atoms with E-state index in [9.17, 15) is 9.90 Å². The van der Waals surface area contributed by atoms with Gasteiger partial charge in [-0.1, -0.05) is 35.3 Å². The normalized spacial score (nSPS) is 19.2. The summed E-state index contributed by atoms with van der Waals surface area (Å²) in [4.78, 5) is 11.5. The highest BCUT2D eigenvalue weighted by Gasteiger charge is 2.31. The summed E-state index contributed by atoms with van der Waals surface area (Å²) in [5.41, 5.74) is 1.99. The first-order valence-electron chi connectivity index (χ1n) is 9.20. The van der Waals surface area contributed by atoms with Gasteiger partial charge in [-0.2, -0.15) is 0 Å². The highest BCUT2D eigenvalue weighted by molar-refractivity contribution is 6.37. The first-order chi connectivity index (χ1) is 13.5. The molecule has 1 aliphatic rings. The maximum Gasteiger partial charge on any atom is 0.308 e. The third-order valence-electron chi connectivity index (χ3n) is 4.85. The van der Waals surface area contributed by atoms with Crippen LogP contribution in [0.3, 0.4) is 0 Å². The first kappa shape index (κ1) is 20.8. The monoisotopic (exact) mass is 423 g/mol. The number of carboxylic acids is 1. The molecule has 3 rings (SSSR count). The van der Waals surface area contributed by atoms with Gasteiger partial charge in [0.05, 0.1) is 16.0 Å². The molecule has 2 N–H and O–H groups in total. The van der Waals surface area contributed by atoms with Crippen LogP contribution in [0, 0.1) is 12.8 Å². The van der Waals surface area contributed by atoms with Gasteiger partial charge in [-0.25, -0.2) is 0 Å². The summed E-state index contributed by atoms with van der Waals surface area (Å²) in [5.74, 6) is 0.00995. The molecule has 2 aromatic rings. The van der Waals surface area contributed by atoms with Crippen molar-refractivity contribution in [3.05, 3.63) is 57.6 Å². The first-order valence-corrected chi connectivity index (χ1v) is 9.96. The Morgan fingerprint density at radius 3 is 2.43 bits per heavy atom. The van der Waals surface area contributed by atoms with Gasteiger partial charge < -0.3 is 19.9 Å². The van der Waals surface area contributed by atoms with Gasteiger partial charge in [-0.05, 0) is 61.2 Å². The van der Waals surface area contributed by atoms with Crippen LogP contribution in [0.15, 0.2) is 36.4 Å². The van der Waals surface area contributed by atoms with Crippen LogP contribution < -0.4 is 14.8 Å². The van der Waals surface area contributed by atoms with Crippen molar-refractivity contribution in [1.82, 2.24) is 5.32 Å². The topological polar surface area (TPSA) is 67.8 Å². The van der Waals surface area contributed by atoms with Gasteiger partial charge in [0.15, 0.2) is 5.75 Å². The average molecular weight is 424 g/mol. The molecule has 7 heteroatoms. The number of piperidine rings is 1. The molecule has 1 aliphatic heterocycles. The summed E-state index contributed by atoms with van der Waals surface area (Å²) in [6.07, 6.45) is 0.809. The van der Waals surface area contributed by atoms with E-state index in [1.807, 2.05) is 31.2 Å². The molecule has 0 bridgehead atoms. The van der Waals surface area contributed by atoms with Crippen molar-refractivity contribution in [2.24, 2.45) is 5.92 Å². The molecule has 0 saturated carbocycles. The van der Waals surface area contributed by atoms with Gasteiger partial charge in [0, 0.05) is 6.54 Å². The number of rotatable bonds is 7. The van der Waals surface area contributed by atoms with Crippen LogP contribution in [-0.2, 0) is 4.79 Å². The fourth-order valence-corrected chi connectivity index (χ4v) is 4.16. The minimum Gasteiger partial charge on any atom is -0.490 e. The van der Waals surface area contributed by atoms with Gasteiger partial charge in [0.2, 0.25) is 0 Å². The lowest BCUT2D eigenvalue weighted by Crippen LogP contribution is -2.39. The molecular weight excluding hydrogens is 401 g/mol. The van der Waals surface area contributed by atoms with Crippen LogP contribution in [0.4, 0.5) is 0 Å². The van der Waals surface area contributed by atoms with Gasteiger partial charge in [-0.15, -0.1) is 0 Å². The number of aliphatic carboxylic acids is 1. The second-order valence-corrected chi connectivity index (χ2v) is 7.68. The lowest BCUT2D eigenvalue weighted by Gasteiger charge is -2.29. The summed E-state index contributed by atoms with van der Waals surface area (Å²) >= 11 is 12.3. The predicted octanol–water partition coefficient (Wildman–Crippen LogP) is 4.54. The highest BCUT2D eigenvalue weighted by Crippen LogP contribution is 2.34. The Hall–Kier alpha value is -1.95. The lowest BCUT2D eigenvalue weighted by atomic mass is 9.81. The van der Waals surface area contributed by atoms with Crippen molar-refractivity contribution < 1.29 is 19.4 Å². The Kier molecular flexibility index (Phi) is 7.05. The molecular formula is C21H23Cl2NO4. The van der Waals surface area contributed by atoms with E-state index in [1.165, 1.54) is 0 Å². The molecule has 5 nitrogen and oxygen atoms in total. The Balaban J connectivity index is 1.53. The van der Waals surface area contributed by atoms with Crippen LogP contribution in [0.1, 0.15) is 23.5 Å². The molecule has 1 heterocycles. The minimum atomic E-state index is -0.761. The van der Waals surface area contributed by atoms with Crippen molar-refractivity contribution in [2.75, 3.05) is 26.3 Å². The third kappa shape index (κ3) is 5.10. The zero-order valence-corrected chi connectivity index (χ0v) is 17.1. The summed E-state index contributed by atoms with van der Waals surface area (Å²) in [6.45, 7) is 3.88. The second kappa shape index (κ2) is 9.50.